The topological polar surface area (TPSA) is 79.8 Å². The SMILES string of the molecule is CCCC(C)C(=O)NC1=Nc2ccccc2NC(C)=C1C(=O)OCC. The molecule has 0 radical (unpaired) electrons. The molecule has 0 spiro atoms. The number of fused-ring (bicyclic) bond motifs is 1. The molecule has 2 N–H and O–H groups in total. The second-order valence-corrected chi connectivity index (χ2v) is 6.00. The van der Waals surface area contributed by atoms with E-state index in [9.17, 15) is 9.59 Å². The molecule has 6 nitrogen and oxygen atoms in total. The van der Waals surface area contributed by atoms with Gasteiger partial charge < -0.3 is 15.4 Å². The van der Waals surface area contributed by atoms with Crippen LogP contribution < -0.4 is 10.6 Å². The zero-order valence-electron chi connectivity index (χ0n) is 15.2. The zero-order chi connectivity index (χ0) is 18.4. The third-order valence-corrected chi connectivity index (χ3v) is 3.96. The summed E-state index contributed by atoms with van der Waals surface area (Å²) in [5, 5.41) is 6.00. The number of carbonyl (C=O) groups excluding carboxylic acids is 2. The number of carbonyl (C=O) groups is 2. The molecule has 1 aliphatic heterocycles. The highest BCUT2D eigenvalue weighted by molar-refractivity contribution is 6.24. The van der Waals surface area contributed by atoms with Crippen LogP contribution in [0.2, 0.25) is 0 Å². The number of rotatable bonds is 5. The minimum atomic E-state index is -0.512. The average molecular weight is 343 g/mol. The van der Waals surface area contributed by atoms with Crippen molar-refractivity contribution in [2.75, 3.05) is 11.9 Å². The molecule has 0 aromatic heterocycles. The summed E-state index contributed by atoms with van der Waals surface area (Å²) in [5.74, 6) is -0.610. The van der Waals surface area contributed by atoms with E-state index in [0.717, 1.165) is 18.5 Å². The van der Waals surface area contributed by atoms with Crippen LogP contribution in [-0.2, 0) is 14.3 Å². The van der Waals surface area contributed by atoms with Gasteiger partial charge >= 0.3 is 5.97 Å². The van der Waals surface area contributed by atoms with Crippen molar-refractivity contribution in [2.45, 2.75) is 40.5 Å². The van der Waals surface area contributed by atoms with Gasteiger partial charge in [-0.2, -0.15) is 0 Å². The normalized spacial score (nSPS) is 14.6. The van der Waals surface area contributed by atoms with Gasteiger partial charge in [0, 0.05) is 11.6 Å². The lowest BCUT2D eigenvalue weighted by molar-refractivity contribution is -0.137. The number of ether oxygens (including phenoxy) is 1. The van der Waals surface area contributed by atoms with Gasteiger partial charge in [-0.25, -0.2) is 9.79 Å². The van der Waals surface area contributed by atoms with Crippen molar-refractivity contribution >= 4 is 29.1 Å². The number of para-hydroxylation sites is 2. The highest BCUT2D eigenvalue weighted by Crippen LogP contribution is 2.30. The highest BCUT2D eigenvalue weighted by atomic mass is 16.5. The summed E-state index contributed by atoms with van der Waals surface area (Å²) in [7, 11) is 0. The molecule has 6 heteroatoms. The Morgan fingerprint density at radius 1 is 1.28 bits per heavy atom. The number of nitrogens with one attached hydrogen (secondary N) is 2. The molecular formula is C19H25N3O3. The first-order chi connectivity index (χ1) is 12.0. The molecule has 25 heavy (non-hydrogen) atoms. The van der Waals surface area contributed by atoms with Gasteiger partial charge in [0.05, 0.1) is 18.0 Å². The van der Waals surface area contributed by atoms with E-state index >= 15 is 0 Å². The molecule has 1 aromatic carbocycles. The predicted molar refractivity (Wildman–Crippen MR) is 98.7 cm³/mol. The molecule has 1 heterocycles. The molecule has 0 saturated heterocycles. The maximum atomic E-state index is 12.5. The molecule has 134 valence electrons. The third-order valence-electron chi connectivity index (χ3n) is 3.96. The number of amides is 1. The van der Waals surface area contributed by atoms with Crippen LogP contribution in [0.15, 0.2) is 40.5 Å². The van der Waals surface area contributed by atoms with Gasteiger partial charge in [0.2, 0.25) is 5.91 Å². The van der Waals surface area contributed by atoms with Crippen molar-refractivity contribution in [1.82, 2.24) is 5.32 Å². The average Bonchev–Trinajstić information content (AvgIpc) is 2.70. The van der Waals surface area contributed by atoms with Crippen LogP contribution in [0.25, 0.3) is 0 Å². The lowest BCUT2D eigenvalue weighted by Gasteiger charge is -2.15. The van der Waals surface area contributed by atoms with E-state index < -0.39 is 5.97 Å². The van der Waals surface area contributed by atoms with Crippen molar-refractivity contribution in [1.29, 1.82) is 0 Å². The predicted octanol–water partition coefficient (Wildman–Crippen LogP) is 3.53. The number of allylic oxidation sites excluding steroid dienone is 1. The van der Waals surface area contributed by atoms with E-state index in [-0.39, 0.29) is 29.8 Å². The number of amidine groups is 1. The second-order valence-electron chi connectivity index (χ2n) is 6.00. The Morgan fingerprint density at radius 2 is 2.00 bits per heavy atom. The molecular weight excluding hydrogens is 318 g/mol. The smallest absolute Gasteiger partial charge is 0.343 e. The maximum absolute atomic E-state index is 12.5. The van der Waals surface area contributed by atoms with Crippen LogP contribution >= 0.6 is 0 Å². The number of esters is 1. The molecule has 0 fully saturated rings. The van der Waals surface area contributed by atoms with Crippen molar-refractivity contribution in [3.63, 3.8) is 0 Å². The molecule has 0 aliphatic carbocycles. The standard InChI is InChI=1S/C19H25N3O3/c1-5-9-12(3)18(23)22-17-16(19(24)25-6-2)13(4)20-14-10-7-8-11-15(14)21-17/h7-8,10-12,20H,5-6,9H2,1-4H3,(H,21,22,23). The fraction of sp³-hybridized carbons (Fsp3) is 0.421. The Morgan fingerprint density at radius 3 is 2.68 bits per heavy atom. The Balaban J connectivity index is 2.44. The Labute approximate surface area is 148 Å². The number of aliphatic imine (C=N–C) groups is 1. The minimum absolute atomic E-state index is 0.158. The molecule has 1 amide bonds. The van der Waals surface area contributed by atoms with Gasteiger partial charge in [-0.05, 0) is 32.4 Å². The Bertz CT molecular complexity index is 722. The molecule has 1 unspecified atom stereocenters. The zero-order valence-corrected chi connectivity index (χ0v) is 15.2. The summed E-state index contributed by atoms with van der Waals surface area (Å²) < 4.78 is 5.16. The van der Waals surface area contributed by atoms with Gasteiger partial charge in [0.15, 0.2) is 0 Å². The fourth-order valence-corrected chi connectivity index (χ4v) is 2.64. The van der Waals surface area contributed by atoms with Crippen molar-refractivity contribution in [3.8, 4) is 0 Å². The number of hydrogen-bond acceptors (Lipinski definition) is 5. The first-order valence-corrected chi connectivity index (χ1v) is 8.61. The third kappa shape index (κ3) is 4.47. The van der Waals surface area contributed by atoms with E-state index in [2.05, 4.69) is 15.6 Å². The Kier molecular flexibility index (Phi) is 6.33. The number of nitrogens with zero attached hydrogens (tertiary/aromatic N) is 1. The van der Waals surface area contributed by atoms with Gasteiger partial charge in [0.25, 0.3) is 0 Å². The molecule has 0 bridgehead atoms. The molecule has 1 aromatic rings. The minimum Gasteiger partial charge on any atom is -0.462 e. The summed E-state index contributed by atoms with van der Waals surface area (Å²) in [4.78, 5) is 29.4. The monoisotopic (exact) mass is 343 g/mol. The summed E-state index contributed by atoms with van der Waals surface area (Å²) in [6.07, 6.45) is 1.68. The molecule has 1 atom stereocenters. The van der Waals surface area contributed by atoms with Gasteiger partial charge in [0.1, 0.15) is 11.4 Å². The van der Waals surface area contributed by atoms with Crippen molar-refractivity contribution < 1.29 is 14.3 Å². The lowest BCUT2D eigenvalue weighted by atomic mass is 10.1. The summed E-state index contributed by atoms with van der Waals surface area (Å²) in [6, 6.07) is 7.43. The van der Waals surface area contributed by atoms with Gasteiger partial charge in [-0.15, -0.1) is 0 Å². The quantitative estimate of drug-likeness (QED) is 0.802. The summed E-state index contributed by atoms with van der Waals surface area (Å²) in [5.41, 5.74) is 2.26. The van der Waals surface area contributed by atoms with Crippen molar-refractivity contribution in [2.24, 2.45) is 10.9 Å². The van der Waals surface area contributed by atoms with Crippen LogP contribution in [0.5, 0.6) is 0 Å². The van der Waals surface area contributed by atoms with Crippen LogP contribution in [0.3, 0.4) is 0 Å². The largest absolute Gasteiger partial charge is 0.462 e. The maximum Gasteiger partial charge on any atom is 0.343 e. The van der Waals surface area contributed by atoms with Crippen LogP contribution in [0, 0.1) is 5.92 Å². The first kappa shape index (κ1) is 18.7. The highest BCUT2D eigenvalue weighted by Gasteiger charge is 2.26. The molecule has 1 aliphatic rings. The number of benzene rings is 1. The lowest BCUT2D eigenvalue weighted by Crippen LogP contribution is -2.38. The fourth-order valence-electron chi connectivity index (χ4n) is 2.64. The van der Waals surface area contributed by atoms with E-state index in [0.29, 0.717) is 11.4 Å². The van der Waals surface area contributed by atoms with Crippen LogP contribution in [-0.4, -0.2) is 24.3 Å². The number of anilines is 1. The summed E-state index contributed by atoms with van der Waals surface area (Å²) >= 11 is 0. The van der Waals surface area contributed by atoms with E-state index in [1.54, 1.807) is 13.8 Å². The molecule has 2 rings (SSSR count). The summed E-state index contributed by atoms with van der Waals surface area (Å²) in [6.45, 7) is 7.65. The van der Waals surface area contributed by atoms with E-state index in [1.165, 1.54) is 0 Å². The van der Waals surface area contributed by atoms with Gasteiger partial charge in [-0.3, -0.25) is 4.79 Å². The van der Waals surface area contributed by atoms with Crippen LogP contribution in [0.4, 0.5) is 11.4 Å². The van der Waals surface area contributed by atoms with E-state index in [4.69, 9.17) is 4.74 Å². The van der Waals surface area contributed by atoms with Crippen molar-refractivity contribution in [3.05, 3.63) is 35.5 Å². The second kappa shape index (κ2) is 8.46. The van der Waals surface area contributed by atoms with Crippen LogP contribution in [0.1, 0.15) is 40.5 Å². The number of hydrogen-bond donors (Lipinski definition) is 2. The first-order valence-electron chi connectivity index (χ1n) is 8.61. The molecule has 0 saturated carbocycles. The van der Waals surface area contributed by atoms with Gasteiger partial charge in [-0.1, -0.05) is 32.4 Å². The Hall–Kier alpha value is -2.63. The van der Waals surface area contributed by atoms with E-state index in [1.807, 2.05) is 38.1 Å².